The van der Waals surface area contributed by atoms with Crippen LogP contribution >= 0.6 is 0 Å². The summed E-state index contributed by atoms with van der Waals surface area (Å²) in [5.41, 5.74) is 0.796. The van der Waals surface area contributed by atoms with Gasteiger partial charge in [-0.05, 0) is 5.56 Å². The first kappa shape index (κ1) is 13.0. The molecular formula is C13H14BN4O2. The molecule has 20 heavy (non-hydrogen) atoms. The summed E-state index contributed by atoms with van der Waals surface area (Å²) in [7, 11) is 1.51. The maximum atomic E-state index is 10.5. The van der Waals surface area contributed by atoms with E-state index < -0.39 is 6.10 Å². The van der Waals surface area contributed by atoms with E-state index in [-0.39, 0.29) is 0 Å². The molecule has 6 nitrogen and oxygen atoms in total. The van der Waals surface area contributed by atoms with Gasteiger partial charge in [0.1, 0.15) is 11.9 Å². The van der Waals surface area contributed by atoms with Crippen LogP contribution in [0.25, 0.3) is 0 Å². The third kappa shape index (κ3) is 2.37. The van der Waals surface area contributed by atoms with Crippen LogP contribution in [0.3, 0.4) is 0 Å². The van der Waals surface area contributed by atoms with Crippen molar-refractivity contribution in [2.24, 2.45) is 0 Å². The van der Waals surface area contributed by atoms with E-state index >= 15 is 0 Å². The Morgan fingerprint density at radius 1 is 1.25 bits per heavy atom. The lowest BCUT2D eigenvalue weighted by atomic mass is 9.94. The zero-order chi connectivity index (χ0) is 13.9. The van der Waals surface area contributed by atoms with Crippen molar-refractivity contribution >= 4 is 13.6 Å². The summed E-state index contributed by atoms with van der Waals surface area (Å²) in [5, 5.41) is 18.6. The topological polar surface area (TPSA) is 71.2 Å². The first-order chi connectivity index (χ1) is 9.79. The highest BCUT2D eigenvalue weighted by Gasteiger charge is 2.25. The molecule has 1 unspecified atom stereocenters. The first-order valence-electron chi connectivity index (χ1n) is 6.47. The number of aromatic nitrogens is 3. The molecule has 1 atom stereocenters. The highest BCUT2D eigenvalue weighted by Crippen LogP contribution is 2.22. The predicted octanol–water partition coefficient (Wildman–Crippen LogP) is -0.0152. The smallest absolute Gasteiger partial charge is 0.293 e. The third-order valence-corrected chi connectivity index (χ3v) is 3.44. The summed E-state index contributed by atoms with van der Waals surface area (Å²) in [6.45, 7) is 1.90. The van der Waals surface area contributed by atoms with Crippen molar-refractivity contribution in [3.63, 3.8) is 0 Å². The van der Waals surface area contributed by atoms with Crippen molar-refractivity contribution in [2.75, 3.05) is 6.54 Å². The average molecular weight is 269 g/mol. The van der Waals surface area contributed by atoms with Gasteiger partial charge in [-0.1, -0.05) is 30.3 Å². The van der Waals surface area contributed by atoms with Gasteiger partial charge in [-0.3, -0.25) is 0 Å². The minimum absolute atomic E-state index is 0.535. The number of hydrogen-bond acceptors (Lipinski definition) is 5. The molecule has 1 aliphatic heterocycles. The molecule has 7 heteroatoms. The monoisotopic (exact) mass is 269 g/mol. The van der Waals surface area contributed by atoms with Crippen LogP contribution in [0.5, 0.6) is 0 Å². The van der Waals surface area contributed by atoms with Crippen molar-refractivity contribution < 1.29 is 9.90 Å². The van der Waals surface area contributed by atoms with Gasteiger partial charge in [0.25, 0.3) is 7.41 Å². The van der Waals surface area contributed by atoms with Crippen molar-refractivity contribution in [1.82, 2.24) is 19.6 Å². The lowest BCUT2D eigenvalue weighted by molar-refractivity contribution is 0.200. The summed E-state index contributed by atoms with van der Waals surface area (Å²) in [4.78, 5) is 12.4. The van der Waals surface area contributed by atoms with Crippen LogP contribution in [0, 0.1) is 0 Å². The average Bonchev–Trinajstić information content (AvgIpc) is 2.91. The van der Waals surface area contributed by atoms with Crippen LogP contribution in [0.2, 0.25) is 0 Å². The van der Waals surface area contributed by atoms with Gasteiger partial charge in [-0.25, -0.2) is 0 Å². The highest BCUT2D eigenvalue weighted by atomic mass is 16.3. The van der Waals surface area contributed by atoms with Crippen molar-refractivity contribution in [3.8, 4) is 0 Å². The van der Waals surface area contributed by atoms with Gasteiger partial charge in [0.15, 0.2) is 5.82 Å². The minimum atomic E-state index is -0.779. The number of carbonyl (C=O) groups is 1. The Bertz CT molecular complexity index is 602. The molecule has 1 aromatic heterocycles. The molecule has 0 amide bonds. The van der Waals surface area contributed by atoms with E-state index in [2.05, 4.69) is 10.2 Å². The van der Waals surface area contributed by atoms with E-state index in [1.807, 2.05) is 39.7 Å². The van der Waals surface area contributed by atoms with E-state index in [9.17, 15) is 9.90 Å². The number of rotatable bonds is 4. The Morgan fingerprint density at radius 3 is 2.80 bits per heavy atom. The zero-order valence-corrected chi connectivity index (χ0v) is 10.9. The summed E-state index contributed by atoms with van der Waals surface area (Å²) >= 11 is 0. The molecule has 0 saturated carbocycles. The lowest BCUT2D eigenvalue weighted by Crippen LogP contribution is -2.37. The number of aliphatic hydroxyl groups excluding tert-OH is 1. The molecule has 0 aliphatic carbocycles. The van der Waals surface area contributed by atoms with E-state index in [1.165, 1.54) is 7.41 Å². The number of aliphatic hydroxyl groups is 1. The van der Waals surface area contributed by atoms with Crippen molar-refractivity contribution in [3.05, 3.63) is 47.5 Å². The van der Waals surface area contributed by atoms with Crippen LogP contribution < -0.4 is 0 Å². The van der Waals surface area contributed by atoms with Gasteiger partial charge in [0.2, 0.25) is 0 Å². The largest absolute Gasteiger partial charge is 0.380 e. The molecule has 0 bridgehead atoms. The molecule has 2 aromatic rings. The number of carbonyl (C=O) groups excluding carboxylic acids is 1. The SMILES string of the molecule is O=C[B]N1CCn2c(nnc2C(O)c2ccccc2)C1. The van der Waals surface area contributed by atoms with Gasteiger partial charge < -0.3 is 19.3 Å². The molecule has 3 rings (SSSR count). The normalized spacial score (nSPS) is 16.4. The molecule has 1 aliphatic rings. The van der Waals surface area contributed by atoms with Crippen LogP contribution in [-0.2, 0) is 17.9 Å². The third-order valence-electron chi connectivity index (χ3n) is 3.44. The fourth-order valence-electron chi connectivity index (χ4n) is 2.40. The van der Waals surface area contributed by atoms with Crippen LogP contribution in [0.15, 0.2) is 30.3 Å². The maximum Gasteiger partial charge on any atom is 0.293 e. The molecule has 101 valence electrons. The molecule has 1 N–H and O–H groups in total. The first-order valence-corrected chi connectivity index (χ1v) is 6.47. The van der Waals surface area contributed by atoms with Gasteiger partial charge in [-0.15, -0.1) is 10.2 Å². The van der Waals surface area contributed by atoms with Crippen LogP contribution in [0.4, 0.5) is 0 Å². The van der Waals surface area contributed by atoms with Gasteiger partial charge in [0, 0.05) is 19.6 Å². The second-order valence-corrected chi connectivity index (χ2v) is 4.69. The molecule has 1 aromatic carbocycles. The number of benzene rings is 1. The van der Waals surface area contributed by atoms with Gasteiger partial charge in [-0.2, -0.15) is 0 Å². The molecular weight excluding hydrogens is 255 g/mol. The summed E-state index contributed by atoms with van der Waals surface area (Å²) < 4.78 is 1.92. The number of nitrogens with zero attached hydrogens (tertiary/aromatic N) is 4. The summed E-state index contributed by atoms with van der Waals surface area (Å²) in [6.07, 6.45) is -0.00906. The van der Waals surface area contributed by atoms with E-state index in [0.29, 0.717) is 25.5 Å². The summed E-state index contributed by atoms with van der Waals surface area (Å²) in [6, 6.07) is 9.39. The van der Waals surface area contributed by atoms with Crippen LogP contribution in [0.1, 0.15) is 23.3 Å². The van der Waals surface area contributed by atoms with E-state index in [1.54, 1.807) is 0 Å². The minimum Gasteiger partial charge on any atom is -0.380 e. The quantitative estimate of drug-likeness (QED) is 0.624. The molecule has 1 radical (unpaired) electrons. The van der Waals surface area contributed by atoms with Gasteiger partial charge in [0.05, 0.1) is 6.19 Å². The lowest BCUT2D eigenvalue weighted by Gasteiger charge is -2.26. The Morgan fingerprint density at radius 2 is 2.05 bits per heavy atom. The second kappa shape index (κ2) is 5.56. The Kier molecular flexibility index (Phi) is 3.62. The van der Waals surface area contributed by atoms with Crippen molar-refractivity contribution in [2.45, 2.75) is 19.2 Å². The molecule has 0 saturated heterocycles. The molecule has 2 heterocycles. The fourth-order valence-corrected chi connectivity index (χ4v) is 2.40. The number of fused-ring (bicyclic) bond motifs is 1. The predicted molar refractivity (Wildman–Crippen MR) is 73.4 cm³/mol. The summed E-state index contributed by atoms with van der Waals surface area (Å²) in [5.74, 6) is 1.32. The van der Waals surface area contributed by atoms with Crippen LogP contribution in [-0.4, -0.2) is 44.8 Å². The highest BCUT2D eigenvalue weighted by molar-refractivity contribution is 6.64. The Labute approximate surface area is 117 Å². The molecule has 0 spiro atoms. The molecule has 0 fully saturated rings. The van der Waals surface area contributed by atoms with Crippen molar-refractivity contribution in [1.29, 1.82) is 0 Å². The number of hydrogen-bond donors (Lipinski definition) is 1. The standard InChI is InChI=1S/C13H14BN4O2/c19-9-14-17-6-7-18-11(8-17)15-16-13(18)12(20)10-4-2-1-3-5-10/h1-5,9,12,20H,6-8H2. The second-order valence-electron chi connectivity index (χ2n) is 4.69. The van der Waals surface area contributed by atoms with E-state index in [0.717, 1.165) is 17.6 Å². The van der Waals surface area contributed by atoms with E-state index in [4.69, 9.17) is 0 Å². The Hall–Kier alpha value is -1.99. The zero-order valence-electron chi connectivity index (χ0n) is 10.9. The fraction of sp³-hybridized carbons (Fsp3) is 0.308. The van der Waals surface area contributed by atoms with Gasteiger partial charge >= 0.3 is 0 Å². The maximum absolute atomic E-state index is 10.5. The Balaban J connectivity index is 1.85.